The summed E-state index contributed by atoms with van der Waals surface area (Å²) in [6.45, 7) is 10.1. The molecule has 2 N–H and O–H groups in total. The summed E-state index contributed by atoms with van der Waals surface area (Å²) in [4.78, 5) is 13.7. The highest BCUT2D eigenvalue weighted by atomic mass is 16.5. The van der Waals surface area contributed by atoms with Crippen molar-refractivity contribution in [1.82, 2.24) is 4.90 Å². The van der Waals surface area contributed by atoms with Gasteiger partial charge in [-0.15, -0.1) is 0 Å². The molecule has 4 nitrogen and oxygen atoms in total. The fraction of sp³-hybridized carbons (Fsp3) is 0.929. The maximum atomic E-state index is 12.0. The first-order valence-corrected chi connectivity index (χ1v) is 6.92. The van der Waals surface area contributed by atoms with Crippen LogP contribution in [0, 0.1) is 11.8 Å². The van der Waals surface area contributed by atoms with Crippen LogP contribution in [0.2, 0.25) is 0 Å². The van der Waals surface area contributed by atoms with E-state index in [1.807, 2.05) is 20.9 Å². The maximum Gasteiger partial charge on any atom is 0.222 e. The zero-order valence-corrected chi connectivity index (χ0v) is 12.6. The fourth-order valence-electron chi connectivity index (χ4n) is 1.88. The van der Waals surface area contributed by atoms with E-state index in [0.717, 1.165) is 6.42 Å². The van der Waals surface area contributed by atoms with Gasteiger partial charge in [0.2, 0.25) is 5.91 Å². The Kier molecular flexibility index (Phi) is 9.02. The molecule has 108 valence electrons. The summed E-state index contributed by atoms with van der Waals surface area (Å²) in [6, 6.07) is 0. The lowest BCUT2D eigenvalue weighted by Gasteiger charge is -2.22. The topological polar surface area (TPSA) is 55.6 Å². The number of amides is 1. The second-order valence-corrected chi connectivity index (χ2v) is 5.67. The molecule has 0 aliphatic rings. The fourth-order valence-corrected chi connectivity index (χ4v) is 1.88. The van der Waals surface area contributed by atoms with Crippen molar-refractivity contribution in [1.29, 1.82) is 0 Å². The van der Waals surface area contributed by atoms with E-state index in [0.29, 0.717) is 38.0 Å². The molecular formula is C14H30N2O2. The van der Waals surface area contributed by atoms with Gasteiger partial charge < -0.3 is 15.4 Å². The van der Waals surface area contributed by atoms with Gasteiger partial charge >= 0.3 is 0 Å². The Morgan fingerprint density at radius 1 is 1.28 bits per heavy atom. The largest absolute Gasteiger partial charge is 0.377 e. The summed E-state index contributed by atoms with van der Waals surface area (Å²) in [7, 11) is 1.83. The summed E-state index contributed by atoms with van der Waals surface area (Å²) >= 11 is 0. The van der Waals surface area contributed by atoms with Crippen molar-refractivity contribution in [3.8, 4) is 0 Å². The number of hydrogen-bond donors (Lipinski definition) is 1. The standard InChI is InChI=1S/C14H30N2O2/c1-11(2)8-13(10-15)9-14(17)16(5)6-7-18-12(3)4/h11-13H,6-10,15H2,1-5H3/t13-/m0/s1. The molecule has 0 saturated carbocycles. The summed E-state index contributed by atoms with van der Waals surface area (Å²) in [6.07, 6.45) is 1.78. The molecule has 0 rings (SSSR count). The molecule has 0 unspecified atom stereocenters. The van der Waals surface area contributed by atoms with Crippen LogP contribution in [0.25, 0.3) is 0 Å². The number of carbonyl (C=O) groups is 1. The quantitative estimate of drug-likeness (QED) is 0.687. The molecule has 4 heteroatoms. The molecule has 0 aromatic rings. The van der Waals surface area contributed by atoms with Crippen LogP contribution in [0.5, 0.6) is 0 Å². The summed E-state index contributed by atoms with van der Waals surface area (Å²) < 4.78 is 5.44. The Bertz CT molecular complexity index is 230. The molecule has 0 aliphatic carbocycles. The van der Waals surface area contributed by atoms with E-state index in [4.69, 9.17) is 10.5 Å². The first-order chi connectivity index (χ1) is 8.36. The van der Waals surface area contributed by atoms with Gasteiger partial charge in [0.25, 0.3) is 0 Å². The number of nitrogens with two attached hydrogens (primary N) is 1. The second kappa shape index (κ2) is 9.34. The Labute approximate surface area is 112 Å². The highest BCUT2D eigenvalue weighted by molar-refractivity contribution is 5.76. The predicted molar refractivity (Wildman–Crippen MR) is 75.3 cm³/mol. The minimum atomic E-state index is 0.165. The SMILES string of the molecule is CC(C)C[C@H](CN)CC(=O)N(C)CCOC(C)C. The second-order valence-electron chi connectivity index (χ2n) is 5.67. The lowest BCUT2D eigenvalue weighted by Crippen LogP contribution is -2.33. The smallest absolute Gasteiger partial charge is 0.222 e. The molecule has 0 spiro atoms. The highest BCUT2D eigenvalue weighted by Gasteiger charge is 2.16. The molecule has 1 amide bonds. The van der Waals surface area contributed by atoms with Crippen LogP contribution in [0.3, 0.4) is 0 Å². The number of likely N-dealkylation sites (N-methyl/N-ethyl adjacent to an activating group) is 1. The van der Waals surface area contributed by atoms with E-state index in [2.05, 4.69) is 13.8 Å². The van der Waals surface area contributed by atoms with Gasteiger partial charge in [0.1, 0.15) is 0 Å². The minimum Gasteiger partial charge on any atom is -0.377 e. The Hall–Kier alpha value is -0.610. The Morgan fingerprint density at radius 3 is 2.33 bits per heavy atom. The maximum absolute atomic E-state index is 12.0. The summed E-state index contributed by atoms with van der Waals surface area (Å²) in [5.74, 6) is 1.05. The molecule has 0 aromatic carbocycles. The van der Waals surface area contributed by atoms with Gasteiger partial charge in [0, 0.05) is 20.0 Å². The average Bonchev–Trinajstić information content (AvgIpc) is 2.26. The van der Waals surface area contributed by atoms with Crippen LogP contribution in [0.15, 0.2) is 0 Å². The number of rotatable bonds is 9. The van der Waals surface area contributed by atoms with E-state index in [9.17, 15) is 4.79 Å². The summed E-state index contributed by atoms with van der Waals surface area (Å²) in [5.41, 5.74) is 5.71. The van der Waals surface area contributed by atoms with Crippen molar-refractivity contribution in [3.63, 3.8) is 0 Å². The summed E-state index contributed by atoms with van der Waals surface area (Å²) in [5, 5.41) is 0. The molecule has 0 radical (unpaired) electrons. The van der Waals surface area contributed by atoms with Gasteiger partial charge in [0.05, 0.1) is 12.7 Å². The van der Waals surface area contributed by atoms with Crippen LogP contribution in [0.1, 0.15) is 40.5 Å². The number of ether oxygens (including phenoxy) is 1. The van der Waals surface area contributed by atoms with Gasteiger partial charge in [-0.25, -0.2) is 0 Å². The van der Waals surface area contributed by atoms with Gasteiger partial charge in [-0.05, 0) is 38.6 Å². The van der Waals surface area contributed by atoms with Crippen LogP contribution in [-0.2, 0) is 9.53 Å². The predicted octanol–water partition coefficient (Wildman–Crippen LogP) is 1.88. The van der Waals surface area contributed by atoms with Gasteiger partial charge in [0.15, 0.2) is 0 Å². The number of nitrogens with zero attached hydrogens (tertiary/aromatic N) is 1. The van der Waals surface area contributed by atoms with Gasteiger partial charge in [-0.1, -0.05) is 13.8 Å². The van der Waals surface area contributed by atoms with Crippen LogP contribution in [-0.4, -0.2) is 43.7 Å². The van der Waals surface area contributed by atoms with Crippen LogP contribution >= 0.6 is 0 Å². The lowest BCUT2D eigenvalue weighted by atomic mass is 9.94. The molecule has 0 saturated heterocycles. The molecule has 18 heavy (non-hydrogen) atoms. The lowest BCUT2D eigenvalue weighted by molar-refractivity contribution is -0.131. The Morgan fingerprint density at radius 2 is 1.89 bits per heavy atom. The average molecular weight is 258 g/mol. The highest BCUT2D eigenvalue weighted by Crippen LogP contribution is 2.15. The van der Waals surface area contributed by atoms with Crippen LogP contribution in [0.4, 0.5) is 0 Å². The molecule has 0 aromatic heterocycles. The van der Waals surface area contributed by atoms with E-state index in [1.54, 1.807) is 4.90 Å². The molecule has 1 atom stereocenters. The van der Waals surface area contributed by atoms with Crippen molar-refractivity contribution in [2.45, 2.75) is 46.6 Å². The van der Waals surface area contributed by atoms with Crippen molar-refractivity contribution in [2.24, 2.45) is 17.6 Å². The zero-order valence-electron chi connectivity index (χ0n) is 12.6. The zero-order chi connectivity index (χ0) is 14.1. The monoisotopic (exact) mass is 258 g/mol. The van der Waals surface area contributed by atoms with Crippen molar-refractivity contribution in [2.75, 3.05) is 26.7 Å². The van der Waals surface area contributed by atoms with Crippen molar-refractivity contribution >= 4 is 5.91 Å². The van der Waals surface area contributed by atoms with E-state index < -0.39 is 0 Å². The molecule has 0 fully saturated rings. The Balaban J connectivity index is 3.97. The molecule has 0 heterocycles. The first kappa shape index (κ1) is 17.4. The third kappa shape index (κ3) is 8.48. The normalized spacial score (nSPS) is 13.1. The number of carbonyl (C=O) groups excluding carboxylic acids is 1. The van der Waals surface area contributed by atoms with Gasteiger partial charge in [-0.2, -0.15) is 0 Å². The molecular weight excluding hydrogens is 228 g/mol. The van der Waals surface area contributed by atoms with Crippen molar-refractivity contribution < 1.29 is 9.53 Å². The van der Waals surface area contributed by atoms with E-state index in [-0.39, 0.29) is 12.0 Å². The van der Waals surface area contributed by atoms with Crippen LogP contribution < -0.4 is 5.73 Å². The third-order valence-corrected chi connectivity index (χ3v) is 2.91. The number of hydrogen-bond acceptors (Lipinski definition) is 3. The van der Waals surface area contributed by atoms with Gasteiger partial charge in [-0.3, -0.25) is 4.79 Å². The molecule has 0 bridgehead atoms. The van der Waals surface area contributed by atoms with E-state index in [1.165, 1.54) is 0 Å². The third-order valence-electron chi connectivity index (χ3n) is 2.91. The minimum absolute atomic E-state index is 0.165. The molecule has 0 aliphatic heterocycles. The van der Waals surface area contributed by atoms with Crippen molar-refractivity contribution in [3.05, 3.63) is 0 Å². The first-order valence-electron chi connectivity index (χ1n) is 6.92. The van der Waals surface area contributed by atoms with E-state index >= 15 is 0 Å².